The molecule has 30 heavy (non-hydrogen) atoms. The average molecular weight is 417 g/mol. The Morgan fingerprint density at radius 2 is 1.90 bits per heavy atom. The number of carbonyl (C=O) groups is 1. The lowest BCUT2D eigenvalue weighted by Gasteiger charge is -2.35. The van der Waals surface area contributed by atoms with Gasteiger partial charge in [-0.25, -0.2) is 15.0 Å². The number of carbonyl (C=O) groups excluding carboxylic acids is 1. The maximum atomic E-state index is 12.6. The Bertz CT molecular complexity index is 1090. The lowest BCUT2D eigenvalue weighted by molar-refractivity contribution is 0.0977. The van der Waals surface area contributed by atoms with Gasteiger partial charge in [0.1, 0.15) is 11.9 Å². The summed E-state index contributed by atoms with van der Waals surface area (Å²) in [4.78, 5) is 25.9. The molecule has 2 aromatic carbocycles. The highest BCUT2D eigenvalue weighted by Crippen LogP contribution is 2.45. The van der Waals surface area contributed by atoms with Crippen LogP contribution in [0.5, 0.6) is 0 Å². The number of thioether (sulfide) groups is 1. The number of hydrogen-bond acceptors (Lipinski definition) is 6. The van der Waals surface area contributed by atoms with Crippen LogP contribution in [-0.4, -0.2) is 40.0 Å². The van der Waals surface area contributed by atoms with Crippen molar-refractivity contribution in [2.75, 3.05) is 19.0 Å². The third-order valence-corrected chi connectivity index (χ3v) is 6.59. The number of ether oxygens (including phenoxy) is 1. The van der Waals surface area contributed by atoms with Crippen LogP contribution in [0.25, 0.3) is 11.1 Å². The zero-order chi connectivity index (χ0) is 20.4. The second-order valence-electron chi connectivity index (χ2n) is 7.39. The molecule has 6 nitrogen and oxygen atoms in total. The van der Waals surface area contributed by atoms with Crippen molar-refractivity contribution in [3.63, 3.8) is 0 Å². The molecule has 0 aliphatic carbocycles. The zero-order valence-electron chi connectivity index (χ0n) is 16.2. The molecule has 2 aliphatic heterocycles. The highest BCUT2D eigenvalue weighted by Gasteiger charge is 2.48. The molecular weight excluding hydrogens is 396 g/mol. The molecule has 1 saturated heterocycles. The molecule has 3 heterocycles. The second kappa shape index (κ2) is 8.01. The smallest absolute Gasteiger partial charge is 0.257 e. The van der Waals surface area contributed by atoms with E-state index in [1.54, 1.807) is 36.3 Å². The molecule has 1 aromatic heterocycles. The van der Waals surface area contributed by atoms with Crippen molar-refractivity contribution < 1.29 is 9.53 Å². The van der Waals surface area contributed by atoms with Crippen LogP contribution in [0.1, 0.15) is 15.9 Å². The number of amidine groups is 1. The number of hydrogen-bond donors (Lipinski definition) is 1. The van der Waals surface area contributed by atoms with E-state index in [0.29, 0.717) is 23.9 Å². The maximum Gasteiger partial charge on any atom is 0.257 e. The molecule has 150 valence electrons. The van der Waals surface area contributed by atoms with Crippen LogP contribution in [0, 0.1) is 5.92 Å². The SMILES string of the molecule is O=C(NC1=N[C@@]2(c3cccc(-c4cncnc4)c3)COC[C@H]2CS1)c1ccccc1. The minimum absolute atomic E-state index is 0.149. The predicted molar refractivity (Wildman–Crippen MR) is 117 cm³/mol. The summed E-state index contributed by atoms with van der Waals surface area (Å²) >= 11 is 1.57. The van der Waals surface area contributed by atoms with Gasteiger partial charge in [0.05, 0.1) is 13.2 Å². The summed E-state index contributed by atoms with van der Waals surface area (Å²) < 4.78 is 5.87. The van der Waals surface area contributed by atoms with Gasteiger partial charge in [-0.3, -0.25) is 4.79 Å². The fraction of sp³-hybridized carbons (Fsp3) is 0.217. The summed E-state index contributed by atoms with van der Waals surface area (Å²) in [6.07, 6.45) is 5.13. The number of fused-ring (bicyclic) bond motifs is 1. The van der Waals surface area contributed by atoms with Crippen LogP contribution in [-0.2, 0) is 10.3 Å². The Labute approximate surface area is 178 Å². The summed E-state index contributed by atoms with van der Waals surface area (Å²) in [5.41, 5.74) is 3.19. The fourth-order valence-electron chi connectivity index (χ4n) is 3.94. The van der Waals surface area contributed by atoms with Crippen LogP contribution >= 0.6 is 11.8 Å². The standard InChI is InChI=1S/C23H20N4O2S/c28-21(16-5-2-1-3-6-16)26-22-27-23(14-29-12-20(23)13-30-22)19-8-4-7-17(9-19)18-10-24-15-25-11-18/h1-11,15,20H,12-14H2,(H,26,27,28)/t20-,23+/m0/s1. The Kier molecular flexibility index (Phi) is 5.06. The van der Waals surface area contributed by atoms with Crippen molar-refractivity contribution in [1.82, 2.24) is 15.3 Å². The Balaban J connectivity index is 1.49. The quantitative estimate of drug-likeness (QED) is 0.707. The van der Waals surface area contributed by atoms with E-state index in [-0.39, 0.29) is 11.8 Å². The van der Waals surface area contributed by atoms with Crippen molar-refractivity contribution in [3.05, 3.63) is 84.4 Å². The molecule has 1 amide bonds. The van der Waals surface area contributed by atoms with Gasteiger partial charge in [-0.1, -0.05) is 48.2 Å². The van der Waals surface area contributed by atoms with E-state index in [9.17, 15) is 4.79 Å². The first-order valence-corrected chi connectivity index (χ1v) is 10.8. The predicted octanol–water partition coefficient (Wildman–Crippen LogP) is 3.52. The first kappa shape index (κ1) is 19.0. The summed E-state index contributed by atoms with van der Waals surface area (Å²) in [6.45, 7) is 1.16. The van der Waals surface area contributed by atoms with E-state index in [2.05, 4.69) is 27.4 Å². The number of benzene rings is 2. The first-order valence-electron chi connectivity index (χ1n) is 9.77. The number of amides is 1. The molecule has 0 bridgehead atoms. The molecular formula is C23H20N4O2S. The summed E-state index contributed by atoms with van der Waals surface area (Å²) in [5.74, 6) is 0.943. The van der Waals surface area contributed by atoms with Crippen molar-refractivity contribution >= 4 is 22.8 Å². The minimum Gasteiger partial charge on any atom is -0.378 e. The molecule has 0 radical (unpaired) electrons. The van der Waals surface area contributed by atoms with Gasteiger partial charge in [-0.15, -0.1) is 0 Å². The van der Waals surface area contributed by atoms with Gasteiger partial charge >= 0.3 is 0 Å². The molecule has 1 N–H and O–H groups in total. The zero-order valence-corrected chi connectivity index (χ0v) is 17.0. The number of rotatable bonds is 3. The molecule has 7 heteroatoms. The summed E-state index contributed by atoms with van der Waals surface area (Å²) in [7, 11) is 0. The van der Waals surface area contributed by atoms with Gasteiger partial charge in [0.25, 0.3) is 5.91 Å². The highest BCUT2D eigenvalue weighted by atomic mass is 32.2. The Morgan fingerprint density at radius 3 is 2.73 bits per heavy atom. The fourth-order valence-corrected chi connectivity index (χ4v) is 5.06. The monoisotopic (exact) mass is 416 g/mol. The van der Waals surface area contributed by atoms with Crippen molar-refractivity contribution in [1.29, 1.82) is 0 Å². The van der Waals surface area contributed by atoms with Gasteiger partial charge in [-0.2, -0.15) is 0 Å². The van der Waals surface area contributed by atoms with E-state index in [0.717, 1.165) is 22.4 Å². The van der Waals surface area contributed by atoms with Gasteiger partial charge in [-0.05, 0) is 29.3 Å². The first-order chi connectivity index (χ1) is 14.7. The van der Waals surface area contributed by atoms with Crippen molar-refractivity contribution in [2.24, 2.45) is 10.9 Å². The second-order valence-corrected chi connectivity index (χ2v) is 8.40. The third-order valence-electron chi connectivity index (χ3n) is 5.55. The molecule has 5 rings (SSSR count). The molecule has 2 atom stereocenters. The van der Waals surface area contributed by atoms with E-state index < -0.39 is 5.54 Å². The maximum absolute atomic E-state index is 12.6. The van der Waals surface area contributed by atoms with Crippen molar-refractivity contribution in [2.45, 2.75) is 5.54 Å². The highest BCUT2D eigenvalue weighted by molar-refractivity contribution is 8.13. The van der Waals surface area contributed by atoms with Gasteiger partial charge < -0.3 is 10.1 Å². The molecule has 0 unspecified atom stereocenters. The lowest BCUT2D eigenvalue weighted by Crippen LogP contribution is -2.42. The number of nitrogens with zero attached hydrogens (tertiary/aromatic N) is 3. The van der Waals surface area contributed by atoms with E-state index >= 15 is 0 Å². The normalized spacial score (nSPS) is 22.8. The molecule has 3 aromatic rings. The number of aliphatic imine (C=N–C) groups is 1. The van der Waals surface area contributed by atoms with E-state index in [1.165, 1.54) is 6.33 Å². The average Bonchev–Trinajstić information content (AvgIpc) is 3.25. The molecule has 0 saturated carbocycles. The van der Waals surface area contributed by atoms with E-state index in [1.807, 2.05) is 30.3 Å². The van der Waals surface area contributed by atoms with Crippen LogP contribution in [0.4, 0.5) is 0 Å². The minimum atomic E-state index is -0.504. The summed E-state index contributed by atoms with van der Waals surface area (Å²) in [5, 5.41) is 3.63. The summed E-state index contributed by atoms with van der Waals surface area (Å²) in [6, 6.07) is 17.5. The van der Waals surface area contributed by atoms with Crippen molar-refractivity contribution in [3.8, 4) is 11.1 Å². The van der Waals surface area contributed by atoms with Crippen LogP contribution in [0.3, 0.4) is 0 Å². The van der Waals surface area contributed by atoms with E-state index in [4.69, 9.17) is 9.73 Å². The van der Waals surface area contributed by atoms with Gasteiger partial charge in [0.15, 0.2) is 5.17 Å². The van der Waals surface area contributed by atoms with Gasteiger partial charge in [0.2, 0.25) is 0 Å². The largest absolute Gasteiger partial charge is 0.378 e. The van der Waals surface area contributed by atoms with Crippen LogP contribution < -0.4 is 5.32 Å². The topological polar surface area (TPSA) is 76.5 Å². The molecule has 0 spiro atoms. The Hall–Kier alpha value is -3.03. The third kappa shape index (κ3) is 3.51. The molecule has 2 aliphatic rings. The Morgan fingerprint density at radius 1 is 1.07 bits per heavy atom. The lowest BCUT2D eigenvalue weighted by atomic mass is 9.81. The van der Waals surface area contributed by atoms with Crippen LogP contribution in [0.2, 0.25) is 0 Å². The number of nitrogens with one attached hydrogen (secondary N) is 1. The van der Waals surface area contributed by atoms with Crippen LogP contribution in [0.15, 0.2) is 78.3 Å². The number of aromatic nitrogens is 2. The van der Waals surface area contributed by atoms with Gasteiger partial charge in [0, 0.05) is 35.2 Å². The molecule has 1 fully saturated rings.